The van der Waals surface area contributed by atoms with Crippen LogP contribution >= 0.6 is 11.3 Å². The monoisotopic (exact) mass is 441 g/mol. The third-order valence-corrected chi connectivity index (χ3v) is 5.92. The summed E-state index contributed by atoms with van der Waals surface area (Å²) in [5.41, 5.74) is 2.44. The van der Waals surface area contributed by atoms with Gasteiger partial charge in [0.25, 0.3) is 0 Å². The Morgan fingerprint density at radius 2 is 2.10 bits per heavy atom. The number of carbonyl (C=O) groups is 1. The summed E-state index contributed by atoms with van der Waals surface area (Å²) < 4.78 is 19.1. The molecular formula is C22H24FN5O2S. The normalized spacial score (nSPS) is 13.8. The summed E-state index contributed by atoms with van der Waals surface area (Å²) in [6, 6.07) is 8.69. The highest BCUT2D eigenvalue weighted by Crippen LogP contribution is 2.22. The molecule has 0 aliphatic carbocycles. The number of amides is 2. The van der Waals surface area contributed by atoms with E-state index in [2.05, 4.69) is 25.5 Å². The van der Waals surface area contributed by atoms with E-state index in [-0.39, 0.29) is 11.8 Å². The van der Waals surface area contributed by atoms with Crippen molar-refractivity contribution in [1.82, 2.24) is 15.3 Å². The number of thiazole rings is 1. The summed E-state index contributed by atoms with van der Waals surface area (Å²) in [6.45, 7) is 5.00. The molecule has 1 fully saturated rings. The van der Waals surface area contributed by atoms with Gasteiger partial charge in [-0.25, -0.2) is 19.2 Å². The lowest BCUT2D eigenvalue weighted by Gasteiger charge is -2.29. The van der Waals surface area contributed by atoms with Crippen molar-refractivity contribution in [2.24, 2.45) is 0 Å². The number of urea groups is 1. The minimum absolute atomic E-state index is 0.216. The predicted molar refractivity (Wildman–Crippen MR) is 119 cm³/mol. The molecule has 0 spiro atoms. The molecule has 2 amide bonds. The highest BCUT2D eigenvalue weighted by atomic mass is 32.1. The molecule has 31 heavy (non-hydrogen) atoms. The summed E-state index contributed by atoms with van der Waals surface area (Å²) in [6.07, 6.45) is 4.03. The number of halogens is 1. The van der Waals surface area contributed by atoms with Gasteiger partial charge < -0.3 is 15.0 Å². The zero-order chi connectivity index (χ0) is 21.6. The molecule has 3 aromatic rings. The lowest BCUT2D eigenvalue weighted by atomic mass is 10.1. The first-order valence-corrected chi connectivity index (χ1v) is 10.9. The first-order chi connectivity index (χ1) is 15.1. The van der Waals surface area contributed by atoms with Gasteiger partial charge in [0.15, 0.2) is 5.13 Å². The van der Waals surface area contributed by atoms with Crippen molar-refractivity contribution < 1.29 is 13.9 Å². The summed E-state index contributed by atoms with van der Waals surface area (Å²) in [7, 11) is 0. The number of nitrogens with one attached hydrogen (secondary N) is 2. The maximum absolute atomic E-state index is 13.7. The molecule has 3 heterocycles. The maximum atomic E-state index is 13.7. The molecule has 1 aromatic carbocycles. The van der Waals surface area contributed by atoms with E-state index in [9.17, 15) is 9.18 Å². The Morgan fingerprint density at radius 1 is 1.26 bits per heavy atom. The Hall–Kier alpha value is -3.04. The fourth-order valence-electron chi connectivity index (χ4n) is 3.34. The van der Waals surface area contributed by atoms with Crippen LogP contribution in [0.2, 0.25) is 0 Å². The quantitative estimate of drug-likeness (QED) is 0.609. The van der Waals surface area contributed by atoms with E-state index in [1.807, 2.05) is 18.2 Å². The van der Waals surface area contributed by atoms with E-state index < -0.39 is 0 Å². The Bertz CT molecular complexity index is 1050. The van der Waals surface area contributed by atoms with E-state index in [4.69, 9.17) is 4.74 Å². The van der Waals surface area contributed by atoms with E-state index in [1.165, 1.54) is 17.4 Å². The molecule has 0 bridgehead atoms. The van der Waals surface area contributed by atoms with E-state index >= 15 is 0 Å². The second-order valence-corrected chi connectivity index (χ2v) is 8.40. The molecule has 0 atom stereocenters. The van der Waals surface area contributed by atoms with Crippen molar-refractivity contribution in [3.8, 4) is 0 Å². The Labute approximate surface area is 184 Å². The number of anilines is 2. The number of rotatable bonds is 6. The number of pyridine rings is 1. The summed E-state index contributed by atoms with van der Waals surface area (Å²) in [4.78, 5) is 24.2. The van der Waals surface area contributed by atoms with Crippen molar-refractivity contribution in [3.05, 3.63) is 70.1 Å². The van der Waals surface area contributed by atoms with Crippen LogP contribution in [0.5, 0.6) is 0 Å². The van der Waals surface area contributed by atoms with Crippen molar-refractivity contribution in [2.75, 3.05) is 36.5 Å². The van der Waals surface area contributed by atoms with Crippen molar-refractivity contribution in [1.29, 1.82) is 0 Å². The Balaban J connectivity index is 1.32. The summed E-state index contributed by atoms with van der Waals surface area (Å²) in [5, 5.41) is 6.14. The van der Waals surface area contributed by atoms with Crippen LogP contribution in [0, 0.1) is 12.7 Å². The van der Waals surface area contributed by atoms with Crippen LogP contribution in [0.3, 0.4) is 0 Å². The number of nitrogens with zero attached hydrogens (tertiary/aromatic N) is 3. The van der Waals surface area contributed by atoms with Gasteiger partial charge in [-0.15, -0.1) is 11.3 Å². The van der Waals surface area contributed by atoms with Crippen molar-refractivity contribution >= 4 is 28.3 Å². The Morgan fingerprint density at radius 3 is 2.90 bits per heavy atom. The van der Waals surface area contributed by atoms with Crippen molar-refractivity contribution in [2.45, 2.75) is 19.9 Å². The molecule has 1 saturated heterocycles. The molecule has 7 nitrogen and oxygen atoms in total. The molecule has 1 aliphatic rings. The van der Waals surface area contributed by atoms with Crippen LogP contribution in [0.15, 0.2) is 42.7 Å². The van der Waals surface area contributed by atoms with Crippen LogP contribution in [0.25, 0.3) is 0 Å². The highest BCUT2D eigenvalue weighted by Gasteiger charge is 2.16. The second kappa shape index (κ2) is 9.84. The number of hydrogen-bond acceptors (Lipinski definition) is 6. The van der Waals surface area contributed by atoms with Gasteiger partial charge in [0.05, 0.1) is 13.2 Å². The standard InChI is InChI=1S/C22H24FN5O2S/c1-15-4-5-16(12-19(15)23)11-18-14-26-22(31-18)27-21(29)25-13-17-3-2-6-24-20(17)28-7-9-30-10-8-28/h2-6,12,14H,7-11,13H2,1H3,(H2,25,26,27,29). The largest absolute Gasteiger partial charge is 0.378 e. The van der Waals surface area contributed by atoms with Crippen LogP contribution in [-0.4, -0.2) is 42.3 Å². The highest BCUT2D eigenvalue weighted by molar-refractivity contribution is 7.15. The minimum atomic E-state index is -0.334. The van der Waals surface area contributed by atoms with Crippen LogP contribution in [0.1, 0.15) is 21.6 Å². The van der Waals surface area contributed by atoms with Gasteiger partial charge in [0.1, 0.15) is 11.6 Å². The van der Waals surface area contributed by atoms with Gasteiger partial charge in [0.2, 0.25) is 0 Å². The first kappa shape index (κ1) is 21.2. The topological polar surface area (TPSA) is 79.4 Å². The number of morpholine rings is 1. The lowest BCUT2D eigenvalue weighted by Crippen LogP contribution is -2.38. The number of carbonyl (C=O) groups excluding carboxylic acids is 1. The fraction of sp³-hybridized carbons (Fsp3) is 0.318. The third kappa shape index (κ3) is 5.56. The van der Waals surface area contributed by atoms with E-state index in [1.54, 1.807) is 25.4 Å². The summed E-state index contributed by atoms with van der Waals surface area (Å²) >= 11 is 1.37. The predicted octanol–water partition coefficient (Wildman–Crippen LogP) is 3.73. The van der Waals surface area contributed by atoms with Gasteiger partial charge in [-0.3, -0.25) is 5.32 Å². The minimum Gasteiger partial charge on any atom is -0.378 e. The van der Waals surface area contributed by atoms with Crippen LogP contribution in [-0.2, 0) is 17.7 Å². The number of aryl methyl sites for hydroxylation is 1. The molecule has 0 saturated carbocycles. The average molecular weight is 442 g/mol. The molecule has 1 aliphatic heterocycles. The maximum Gasteiger partial charge on any atom is 0.321 e. The lowest BCUT2D eigenvalue weighted by molar-refractivity contribution is 0.122. The zero-order valence-corrected chi connectivity index (χ0v) is 18.0. The molecule has 9 heteroatoms. The summed E-state index contributed by atoms with van der Waals surface area (Å²) in [5.74, 6) is 0.652. The first-order valence-electron chi connectivity index (χ1n) is 10.1. The molecular weight excluding hydrogens is 417 g/mol. The van der Waals surface area contributed by atoms with Gasteiger partial charge in [-0.05, 0) is 30.2 Å². The van der Waals surface area contributed by atoms with E-state index in [0.29, 0.717) is 36.9 Å². The van der Waals surface area contributed by atoms with Gasteiger partial charge in [0, 0.05) is 48.9 Å². The van der Waals surface area contributed by atoms with Crippen LogP contribution < -0.4 is 15.5 Å². The zero-order valence-electron chi connectivity index (χ0n) is 17.2. The molecule has 0 unspecified atom stereocenters. The molecule has 2 aromatic heterocycles. The van der Waals surface area contributed by atoms with Crippen molar-refractivity contribution in [3.63, 3.8) is 0 Å². The third-order valence-electron chi connectivity index (χ3n) is 5.01. The van der Waals surface area contributed by atoms with E-state index in [0.717, 1.165) is 34.9 Å². The van der Waals surface area contributed by atoms with Crippen LogP contribution in [0.4, 0.5) is 20.1 Å². The number of hydrogen-bond donors (Lipinski definition) is 2. The smallest absolute Gasteiger partial charge is 0.321 e. The van der Waals surface area contributed by atoms with Gasteiger partial charge in [-0.1, -0.05) is 18.2 Å². The number of benzene rings is 1. The number of ether oxygens (including phenoxy) is 1. The fourth-order valence-corrected chi connectivity index (χ4v) is 4.18. The number of aromatic nitrogens is 2. The molecule has 2 N–H and O–H groups in total. The molecule has 4 rings (SSSR count). The molecule has 162 valence electrons. The second-order valence-electron chi connectivity index (χ2n) is 7.29. The average Bonchev–Trinajstić information content (AvgIpc) is 3.22. The Kier molecular flexibility index (Phi) is 6.73. The SMILES string of the molecule is Cc1ccc(Cc2cnc(NC(=O)NCc3cccnc3N3CCOCC3)s2)cc1F. The van der Waals surface area contributed by atoms with Gasteiger partial charge >= 0.3 is 6.03 Å². The molecule has 0 radical (unpaired) electrons. The van der Waals surface area contributed by atoms with Gasteiger partial charge in [-0.2, -0.15) is 0 Å².